The van der Waals surface area contributed by atoms with Gasteiger partial charge in [-0.1, -0.05) is 24.3 Å². The number of rotatable bonds is 5. The molecule has 110 valence electrons. The molecule has 0 spiro atoms. The molecule has 0 bridgehead atoms. The first kappa shape index (κ1) is 15.0. The summed E-state index contributed by atoms with van der Waals surface area (Å²) in [6, 6.07) is 8.56. The van der Waals surface area contributed by atoms with Gasteiger partial charge < -0.3 is 10.6 Å². The first-order chi connectivity index (χ1) is 9.66. The van der Waals surface area contributed by atoms with Gasteiger partial charge >= 0.3 is 0 Å². The third kappa shape index (κ3) is 4.34. The number of benzene rings is 1. The summed E-state index contributed by atoms with van der Waals surface area (Å²) in [4.78, 5) is 12.0. The molecule has 2 rings (SSSR count). The smallest absolute Gasteiger partial charge is 0.220 e. The molecule has 2 atom stereocenters. The Morgan fingerprint density at radius 1 is 1.45 bits per heavy atom. The number of aryl methyl sites for hydroxylation is 2. The fraction of sp³-hybridized carbons (Fsp3) is 0.588. The fourth-order valence-corrected chi connectivity index (χ4v) is 2.89. The molecule has 1 saturated heterocycles. The van der Waals surface area contributed by atoms with Gasteiger partial charge in [-0.15, -0.1) is 0 Å². The first-order valence-electron chi connectivity index (χ1n) is 7.71. The Labute approximate surface area is 122 Å². The normalized spacial score (nSPS) is 20.4. The van der Waals surface area contributed by atoms with Crippen LogP contribution in [0.2, 0.25) is 0 Å². The number of carbonyl (C=O) groups excluding carboxylic acids is 1. The Hall–Kier alpha value is -1.35. The van der Waals surface area contributed by atoms with E-state index in [0.29, 0.717) is 12.3 Å². The second kappa shape index (κ2) is 7.44. The van der Waals surface area contributed by atoms with Gasteiger partial charge in [-0.3, -0.25) is 4.79 Å². The van der Waals surface area contributed by atoms with Gasteiger partial charge in [0.15, 0.2) is 0 Å². The summed E-state index contributed by atoms with van der Waals surface area (Å²) in [6.07, 6.45) is 3.84. The molecule has 1 amide bonds. The molecule has 20 heavy (non-hydrogen) atoms. The van der Waals surface area contributed by atoms with E-state index in [4.69, 9.17) is 0 Å². The fourth-order valence-electron chi connectivity index (χ4n) is 2.89. The number of hydrogen-bond donors (Lipinski definition) is 2. The number of piperidine rings is 1. The molecular weight excluding hydrogens is 248 g/mol. The molecule has 0 radical (unpaired) electrons. The van der Waals surface area contributed by atoms with E-state index in [1.54, 1.807) is 0 Å². The van der Waals surface area contributed by atoms with Gasteiger partial charge in [0.1, 0.15) is 0 Å². The van der Waals surface area contributed by atoms with Crippen LogP contribution >= 0.6 is 0 Å². The zero-order valence-electron chi connectivity index (χ0n) is 12.6. The second-order valence-corrected chi connectivity index (χ2v) is 5.89. The van der Waals surface area contributed by atoms with E-state index in [9.17, 15) is 4.79 Å². The summed E-state index contributed by atoms with van der Waals surface area (Å²) in [5, 5.41) is 6.56. The van der Waals surface area contributed by atoms with E-state index in [1.165, 1.54) is 24.0 Å². The molecule has 2 N–H and O–H groups in total. The van der Waals surface area contributed by atoms with Crippen LogP contribution in [0.5, 0.6) is 0 Å². The van der Waals surface area contributed by atoms with Crippen molar-refractivity contribution in [3.05, 3.63) is 35.4 Å². The quantitative estimate of drug-likeness (QED) is 0.866. The molecular formula is C17H26N2O. The lowest BCUT2D eigenvalue weighted by Crippen LogP contribution is -2.44. The van der Waals surface area contributed by atoms with Gasteiger partial charge in [0.2, 0.25) is 5.91 Å². The number of amides is 1. The Balaban J connectivity index is 1.76. The summed E-state index contributed by atoms with van der Waals surface area (Å²) in [6.45, 7) is 6.37. The predicted molar refractivity (Wildman–Crippen MR) is 82.7 cm³/mol. The van der Waals surface area contributed by atoms with E-state index in [1.807, 2.05) is 12.1 Å². The molecule has 1 heterocycles. The predicted octanol–water partition coefficient (Wildman–Crippen LogP) is 2.43. The van der Waals surface area contributed by atoms with Gasteiger partial charge in [0.25, 0.3) is 0 Å². The molecule has 2 unspecified atom stereocenters. The van der Waals surface area contributed by atoms with Gasteiger partial charge in [-0.2, -0.15) is 0 Å². The number of nitrogens with one attached hydrogen (secondary N) is 2. The first-order valence-corrected chi connectivity index (χ1v) is 7.71. The highest BCUT2D eigenvalue weighted by Crippen LogP contribution is 2.14. The number of hydrogen-bond acceptors (Lipinski definition) is 2. The Kier molecular flexibility index (Phi) is 5.60. The lowest BCUT2D eigenvalue weighted by atomic mass is 9.92. The topological polar surface area (TPSA) is 41.1 Å². The highest BCUT2D eigenvalue weighted by Gasteiger charge is 2.20. The lowest BCUT2D eigenvalue weighted by Gasteiger charge is -2.29. The van der Waals surface area contributed by atoms with E-state index in [2.05, 4.69) is 36.6 Å². The Bertz CT molecular complexity index is 438. The summed E-state index contributed by atoms with van der Waals surface area (Å²) in [5.41, 5.74) is 2.54. The van der Waals surface area contributed by atoms with Crippen molar-refractivity contribution in [1.82, 2.24) is 10.6 Å². The summed E-state index contributed by atoms with van der Waals surface area (Å²) in [7, 11) is 0. The van der Waals surface area contributed by atoms with Crippen LogP contribution in [0.25, 0.3) is 0 Å². The summed E-state index contributed by atoms with van der Waals surface area (Å²) in [5.74, 6) is 0.748. The van der Waals surface area contributed by atoms with Crippen LogP contribution in [0, 0.1) is 12.8 Å². The second-order valence-electron chi connectivity index (χ2n) is 5.89. The maximum Gasteiger partial charge on any atom is 0.220 e. The Morgan fingerprint density at radius 2 is 2.25 bits per heavy atom. The van der Waals surface area contributed by atoms with Crippen molar-refractivity contribution in [1.29, 1.82) is 0 Å². The molecule has 1 aliphatic rings. The van der Waals surface area contributed by atoms with E-state index in [0.717, 1.165) is 19.5 Å². The van der Waals surface area contributed by atoms with Crippen molar-refractivity contribution >= 4 is 5.91 Å². The van der Waals surface area contributed by atoms with Crippen molar-refractivity contribution in [2.24, 2.45) is 5.92 Å². The summed E-state index contributed by atoms with van der Waals surface area (Å²) < 4.78 is 0. The average Bonchev–Trinajstić information content (AvgIpc) is 2.47. The zero-order valence-corrected chi connectivity index (χ0v) is 12.6. The van der Waals surface area contributed by atoms with Gasteiger partial charge in [-0.05, 0) is 63.2 Å². The van der Waals surface area contributed by atoms with Gasteiger partial charge in [-0.25, -0.2) is 0 Å². The van der Waals surface area contributed by atoms with Crippen molar-refractivity contribution in [2.75, 3.05) is 13.1 Å². The largest absolute Gasteiger partial charge is 0.353 e. The van der Waals surface area contributed by atoms with E-state index < -0.39 is 0 Å². The SMILES string of the molecule is Cc1ccccc1CCC(=O)NC(C)C1CCCNC1. The van der Waals surface area contributed by atoms with Crippen LogP contribution in [-0.4, -0.2) is 25.0 Å². The standard InChI is InChI=1S/C17H26N2O/c1-13-6-3-4-7-15(13)9-10-17(20)19-14(2)16-8-5-11-18-12-16/h3-4,6-7,14,16,18H,5,8-12H2,1-2H3,(H,19,20). The molecule has 1 aliphatic heterocycles. The monoisotopic (exact) mass is 274 g/mol. The highest BCUT2D eigenvalue weighted by atomic mass is 16.1. The van der Waals surface area contributed by atoms with Crippen molar-refractivity contribution in [3.8, 4) is 0 Å². The van der Waals surface area contributed by atoms with Crippen LogP contribution in [0.1, 0.15) is 37.3 Å². The molecule has 1 aromatic rings. The van der Waals surface area contributed by atoms with Crippen LogP contribution in [0.4, 0.5) is 0 Å². The molecule has 0 aromatic heterocycles. The van der Waals surface area contributed by atoms with Crippen LogP contribution in [0.3, 0.4) is 0 Å². The zero-order chi connectivity index (χ0) is 14.4. The van der Waals surface area contributed by atoms with E-state index in [-0.39, 0.29) is 11.9 Å². The van der Waals surface area contributed by atoms with Gasteiger partial charge in [0.05, 0.1) is 0 Å². The maximum absolute atomic E-state index is 12.0. The van der Waals surface area contributed by atoms with Crippen molar-refractivity contribution in [3.63, 3.8) is 0 Å². The summed E-state index contributed by atoms with van der Waals surface area (Å²) >= 11 is 0. The molecule has 1 aromatic carbocycles. The molecule has 3 nitrogen and oxygen atoms in total. The van der Waals surface area contributed by atoms with Crippen LogP contribution < -0.4 is 10.6 Å². The molecule has 3 heteroatoms. The minimum atomic E-state index is 0.173. The number of carbonyl (C=O) groups is 1. The van der Waals surface area contributed by atoms with E-state index >= 15 is 0 Å². The van der Waals surface area contributed by atoms with Gasteiger partial charge in [0, 0.05) is 12.5 Å². The third-order valence-corrected chi connectivity index (χ3v) is 4.31. The minimum absolute atomic E-state index is 0.173. The van der Waals surface area contributed by atoms with Crippen LogP contribution in [-0.2, 0) is 11.2 Å². The molecule has 1 fully saturated rings. The Morgan fingerprint density at radius 3 is 2.95 bits per heavy atom. The third-order valence-electron chi connectivity index (χ3n) is 4.31. The molecule has 0 aliphatic carbocycles. The van der Waals surface area contributed by atoms with Crippen LogP contribution in [0.15, 0.2) is 24.3 Å². The maximum atomic E-state index is 12.0. The van der Waals surface area contributed by atoms with Crippen molar-refractivity contribution in [2.45, 2.75) is 45.6 Å². The highest BCUT2D eigenvalue weighted by molar-refractivity contribution is 5.76. The van der Waals surface area contributed by atoms with Crippen molar-refractivity contribution < 1.29 is 4.79 Å². The molecule has 0 saturated carbocycles. The lowest BCUT2D eigenvalue weighted by molar-refractivity contribution is -0.122. The average molecular weight is 274 g/mol. The minimum Gasteiger partial charge on any atom is -0.353 e.